The largest absolute Gasteiger partial charge is 0.481 e. The molecule has 23 heavy (non-hydrogen) atoms. The van der Waals surface area contributed by atoms with Crippen molar-refractivity contribution in [3.8, 4) is 0 Å². The fourth-order valence-corrected chi connectivity index (χ4v) is 2.09. The van der Waals surface area contributed by atoms with E-state index in [1.54, 1.807) is 12.1 Å². The fraction of sp³-hybridized carbons (Fsp3) is 0.176. The average molecular weight is 313 g/mol. The van der Waals surface area contributed by atoms with Gasteiger partial charge in [0, 0.05) is 23.6 Å². The lowest BCUT2D eigenvalue weighted by Gasteiger charge is -2.22. The molecule has 120 valence electrons. The van der Waals surface area contributed by atoms with Crippen molar-refractivity contribution in [1.29, 1.82) is 0 Å². The van der Waals surface area contributed by atoms with E-state index in [1.165, 1.54) is 11.8 Å². The molecule has 0 aliphatic rings. The van der Waals surface area contributed by atoms with E-state index < -0.39 is 17.9 Å². The van der Waals surface area contributed by atoms with E-state index in [4.69, 9.17) is 10.8 Å². The molecule has 0 aliphatic carbocycles. The maximum Gasteiger partial charge on any atom is 0.319 e. The van der Waals surface area contributed by atoms with E-state index in [0.717, 1.165) is 11.4 Å². The van der Waals surface area contributed by atoms with Gasteiger partial charge in [0.1, 0.15) is 0 Å². The van der Waals surface area contributed by atoms with Gasteiger partial charge in [0.25, 0.3) is 0 Å². The van der Waals surface area contributed by atoms with Crippen molar-refractivity contribution >= 4 is 29.1 Å². The first-order chi connectivity index (χ1) is 11.0. The molecule has 0 radical (unpaired) electrons. The molecule has 2 aromatic rings. The van der Waals surface area contributed by atoms with Crippen LogP contribution in [0.5, 0.6) is 0 Å². The molecule has 0 aromatic heterocycles. The molecule has 2 aromatic carbocycles. The number of rotatable bonds is 6. The Morgan fingerprint density at radius 2 is 1.65 bits per heavy atom. The number of urea groups is 1. The third-order valence-electron chi connectivity index (χ3n) is 3.39. The predicted octanol–water partition coefficient (Wildman–Crippen LogP) is 3.04. The molecule has 0 fully saturated rings. The Hall–Kier alpha value is -3.02. The first kappa shape index (κ1) is 16.4. The minimum Gasteiger partial charge on any atom is -0.481 e. The molecule has 6 nitrogen and oxygen atoms in total. The van der Waals surface area contributed by atoms with E-state index in [9.17, 15) is 9.59 Å². The Bertz CT molecular complexity index is 671. The number of nitrogens with one attached hydrogen (secondary N) is 1. The van der Waals surface area contributed by atoms with Gasteiger partial charge in [-0.1, -0.05) is 25.1 Å². The van der Waals surface area contributed by atoms with Crippen LogP contribution in [0.2, 0.25) is 0 Å². The zero-order valence-electron chi connectivity index (χ0n) is 12.8. The van der Waals surface area contributed by atoms with Gasteiger partial charge < -0.3 is 16.2 Å². The molecular formula is C17H19N3O3. The van der Waals surface area contributed by atoms with Crippen molar-refractivity contribution in [3.63, 3.8) is 0 Å². The number of carbonyl (C=O) groups is 2. The van der Waals surface area contributed by atoms with E-state index >= 15 is 0 Å². The summed E-state index contributed by atoms with van der Waals surface area (Å²) in [5.41, 5.74) is 7.72. The standard InChI is InChI=1S/C17H19N3O3/c1-12(16(21)22)11-20(17(18)23)15-9-7-14(8-10-15)19-13-5-3-2-4-6-13/h2-10,12,19H,11H2,1H3,(H2,18,23)(H,21,22). The molecule has 1 atom stereocenters. The van der Waals surface area contributed by atoms with E-state index in [0.29, 0.717) is 5.69 Å². The van der Waals surface area contributed by atoms with Crippen LogP contribution in [-0.4, -0.2) is 23.7 Å². The van der Waals surface area contributed by atoms with E-state index in [-0.39, 0.29) is 6.54 Å². The van der Waals surface area contributed by atoms with Crippen molar-refractivity contribution in [2.45, 2.75) is 6.92 Å². The minimum absolute atomic E-state index is 0.0239. The SMILES string of the molecule is CC(CN(C(N)=O)c1ccc(Nc2ccccc2)cc1)C(=O)O. The zero-order chi connectivity index (χ0) is 16.8. The Morgan fingerprint density at radius 3 is 2.17 bits per heavy atom. The van der Waals surface area contributed by atoms with Crippen LogP contribution in [-0.2, 0) is 4.79 Å². The third-order valence-corrected chi connectivity index (χ3v) is 3.39. The number of primary amides is 1. The fourth-order valence-electron chi connectivity index (χ4n) is 2.09. The average Bonchev–Trinajstić information content (AvgIpc) is 2.54. The van der Waals surface area contributed by atoms with Gasteiger partial charge in [-0.3, -0.25) is 9.69 Å². The molecule has 0 saturated heterocycles. The molecule has 4 N–H and O–H groups in total. The number of aliphatic carboxylic acids is 1. The summed E-state index contributed by atoms with van der Waals surface area (Å²) in [5, 5.41) is 12.2. The highest BCUT2D eigenvalue weighted by Crippen LogP contribution is 2.22. The summed E-state index contributed by atoms with van der Waals surface area (Å²) in [5.74, 6) is -1.68. The number of hydrogen-bond donors (Lipinski definition) is 3. The predicted molar refractivity (Wildman–Crippen MR) is 89.9 cm³/mol. The first-order valence-electron chi connectivity index (χ1n) is 7.19. The summed E-state index contributed by atoms with van der Waals surface area (Å²) in [7, 11) is 0. The molecule has 0 aliphatic heterocycles. The lowest BCUT2D eigenvalue weighted by molar-refractivity contribution is -0.140. The van der Waals surface area contributed by atoms with Crippen molar-refractivity contribution < 1.29 is 14.7 Å². The topological polar surface area (TPSA) is 95.7 Å². The van der Waals surface area contributed by atoms with Crippen molar-refractivity contribution in [3.05, 3.63) is 54.6 Å². The van der Waals surface area contributed by atoms with Gasteiger partial charge in [0.15, 0.2) is 0 Å². The number of anilines is 3. The summed E-state index contributed by atoms with van der Waals surface area (Å²) in [6.45, 7) is 1.56. The number of nitrogens with two attached hydrogens (primary N) is 1. The first-order valence-corrected chi connectivity index (χ1v) is 7.19. The van der Waals surface area contributed by atoms with Crippen molar-refractivity contribution in [2.75, 3.05) is 16.8 Å². The van der Waals surface area contributed by atoms with Gasteiger partial charge in [0.05, 0.1) is 5.92 Å². The highest BCUT2D eigenvalue weighted by Gasteiger charge is 2.20. The Labute approximate surface area is 134 Å². The Morgan fingerprint density at radius 1 is 1.09 bits per heavy atom. The number of hydrogen-bond acceptors (Lipinski definition) is 3. The van der Waals surface area contributed by atoms with Crippen LogP contribution < -0.4 is 16.0 Å². The van der Waals surface area contributed by atoms with Crippen LogP contribution in [0.25, 0.3) is 0 Å². The molecule has 0 heterocycles. The van der Waals surface area contributed by atoms with Crippen LogP contribution in [0, 0.1) is 5.92 Å². The number of para-hydroxylation sites is 1. The highest BCUT2D eigenvalue weighted by molar-refractivity contribution is 5.91. The molecular weight excluding hydrogens is 294 g/mol. The number of amides is 2. The monoisotopic (exact) mass is 313 g/mol. The van der Waals surface area contributed by atoms with Gasteiger partial charge in [-0.05, 0) is 36.4 Å². The van der Waals surface area contributed by atoms with Gasteiger partial charge in [-0.2, -0.15) is 0 Å². The molecule has 2 amide bonds. The quantitative estimate of drug-likeness (QED) is 0.763. The van der Waals surface area contributed by atoms with Crippen LogP contribution in [0.3, 0.4) is 0 Å². The summed E-state index contributed by atoms with van der Waals surface area (Å²) in [6.07, 6.45) is 0. The Kier molecular flexibility index (Phi) is 5.19. The maximum atomic E-state index is 11.6. The second-order valence-corrected chi connectivity index (χ2v) is 5.23. The van der Waals surface area contributed by atoms with Crippen LogP contribution in [0.4, 0.5) is 21.9 Å². The molecule has 1 unspecified atom stereocenters. The zero-order valence-corrected chi connectivity index (χ0v) is 12.8. The van der Waals surface area contributed by atoms with Gasteiger partial charge in [0.2, 0.25) is 0 Å². The summed E-state index contributed by atoms with van der Waals surface area (Å²) >= 11 is 0. The third kappa shape index (κ3) is 4.47. The minimum atomic E-state index is -0.974. The van der Waals surface area contributed by atoms with Crippen molar-refractivity contribution in [1.82, 2.24) is 0 Å². The normalized spacial score (nSPS) is 11.5. The lowest BCUT2D eigenvalue weighted by Crippen LogP contribution is -2.40. The van der Waals surface area contributed by atoms with Crippen LogP contribution in [0.1, 0.15) is 6.92 Å². The number of benzene rings is 2. The van der Waals surface area contributed by atoms with Gasteiger partial charge in [-0.25, -0.2) is 4.79 Å². The van der Waals surface area contributed by atoms with Crippen molar-refractivity contribution in [2.24, 2.45) is 11.7 Å². The molecule has 2 rings (SSSR count). The van der Waals surface area contributed by atoms with E-state index in [1.807, 2.05) is 42.5 Å². The number of carbonyl (C=O) groups excluding carboxylic acids is 1. The van der Waals surface area contributed by atoms with Crippen LogP contribution in [0.15, 0.2) is 54.6 Å². The summed E-state index contributed by atoms with van der Waals surface area (Å²) < 4.78 is 0. The number of carboxylic acids is 1. The number of carboxylic acid groups (broad SMARTS) is 1. The lowest BCUT2D eigenvalue weighted by atomic mass is 10.1. The molecule has 0 saturated carbocycles. The summed E-state index contributed by atoms with van der Waals surface area (Å²) in [6, 6.07) is 16.1. The van der Waals surface area contributed by atoms with E-state index in [2.05, 4.69) is 5.32 Å². The molecule has 0 spiro atoms. The smallest absolute Gasteiger partial charge is 0.319 e. The molecule has 0 bridgehead atoms. The highest BCUT2D eigenvalue weighted by atomic mass is 16.4. The maximum absolute atomic E-state index is 11.6. The molecule has 6 heteroatoms. The summed E-state index contributed by atoms with van der Waals surface area (Å²) in [4.78, 5) is 23.8. The second kappa shape index (κ2) is 7.31. The number of nitrogens with zero attached hydrogens (tertiary/aromatic N) is 1. The van der Waals surface area contributed by atoms with Gasteiger partial charge in [-0.15, -0.1) is 0 Å². The van der Waals surface area contributed by atoms with Gasteiger partial charge >= 0.3 is 12.0 Å². The Balaban J connectivity index is 2.12. The van der Waals surface area contributed by atoms with Crippen LogP contribution >= 0.6 is 0 Å². The second-order valence-electron chi connectivity index (χ2n) is 5.23.